The Balaban J connectivity index is 1.93. The number of methoxy groups -OCH3 is 1. The molecular formula is C19H13FN2OS. The monoisotopic (exact) mass is 336 g/mol. The first-order valence-electron chi connectivity index (χ1n) is 7.17. The van der Waals surface area contributed by atoms with Crippen LogP contribution >= 0.6 is 11.3 Å². The number of aromatic nitrogens is 1. The van der Waals surface area contributed by atoms with E-state index in [9.17, 15) is 9.65 Å². The van der Waals surface area contributed by atoms with Gasteiger partial charge in [-0.25, -0.2) is 9.37 Å². The van der Waals surface area contributed by atoms with Crippen LogP contribution in [0.3, 0.4) is 0 Å². The van der Waals surface area contributed by atoms with Gasteiger partial charge in [-0.2, -0.15) is 5.26 Å². The quantitative estimate of drug-likeness (QED) is 0.628. The summed E-state index contributed by atoms with van der Waals surface area (Å²) in [6.07, 6.45) is 1.77. The van der Waals surface area contributed by atoms with Gasteiger partial charge < -0.3 is 4.74 Å². The van der Waals surface area contributed by atoms with E-state index in [-0.39, 0.29) is 5.82 Å². The van der Waals surface area contributed by atoms with Gasteiger partial charge in [-0.15, -0.1) is 11.3 Å². The molecule has 0 bridgehead atoms. The van der Waals surface area contributed by atoms with E-state index >= 15 is 0 Å². The Morgan fingerprint density at radius 3 is 2.75 bits per heavy atom. The Kier molecular flexibility index (Phi) is 4.69. The summed E-state index contributed by atoms with van der Waals surface area (Å²) >= 11 is 1.38. The minimum absolute atomic E-state index is 0.287. The lowest BCUT2D eigenvalue weighted by atomic mass is 10.1. The number of halogens is 1. The predicted molar refractivity (Wildman–Crippen MR) is 94.0 cm³/mol. The molecule has 0 aliphatic rings. The van der Waals surface area contributed by atoms with Crippen LogP contribution in [-0.2, 0) is 0 Å². The fourth-order valence-electron chi connectivity index (χ4n) is 2.19. The van der Waals surface area contributed by atoms with Crippen molar-refractivity contribution in [2.75, 3.05) is 7.11 Å². The topological polar surface area (TPSA) is 45.9 Å². The Morgan fingerprint density at radius 2 is 2.04 bits per heavy atom. The normalized spacial score (nSPS) is 11.1. The minimum Gasteiger partial charge on any atom is -0.497 e. The van der Waals surface area contributed by atoms with Crippen molar-refractivity contribution in [2.45, 2.75) is 0 Å². The van der Waals surface area contributed by atoms with Gasteiger partial charge in [0.2, 0.25) is 0 Å². The Morgan fingerprint density at radius 1 is 1.25 bits per heavy atom. The SMILES string of the molecule is COc1cccc(/C=C(\C#N)c2nc(-c3ccc(F)cc3)cs2)c1. The molecule has 3 rings (SSSR count). The average Bonchev–Trinajstić information content (AvgIpc) is 3.10. The molecule has 0 saturated carbocycles. The van der Waals surface area contributed by atoms with Gasteiger partial charge in [0.15, 0.2) is 0 Å². The first-order valence-corrected chi connectivity index (χ1v) is 8.05. The lowest BCUT2D eigenvalue weighted by Crippen LogP contribution is -1.85. The fourth-order valence-corrected chi connectivity index (χ4v) is 2.99. The van der Waals surface area contributed by atoms with Crippen molar-refractivity contribution in [3.8, 4) is 23.1 Å². The number of ether oxygens (including phenoxy) is 1. The van der Waals surface area contributed by atoms with Crippen LogP contribution in [0, 0.1) is 17.1 Å². The van der Waals surface area contributed by atoms with Crippen molar-refractivity contribution < 1.29 is 9.13 Å². The summed E-state index contributed by atoms with van der Waals surface area (Å²) in [6, 6.07) is 15.8. The summed E-state index contributed by atoms with van der Waals surface area (Å²) in [6.45, 7) is 0. The van der Waals surface area contributed by atoms with Gasteiger partial charge in [0, 0.05) is 10.9 Å². The number of benzene rings is 2. The summed E-state index contributed by atoms with van der Waals surface area (Å²) in [5.74, 6) is 0.442. The molecule has 3 nitrogen and oxygen atoms in total. The maximum Gasteiger partial charge on any atom is 0.134 e. The summed E-state index contributed by atoms with van der Waals surface area (Å²) in [5.41, 5.74) is 2.88. The highest BCUT2D eigenvalue weighted by molar-refractivity contribution is 7.11. The molecule has 0 aliphatic carbocycles. The lowest BCUT2D eigenvalue weighted by molar-refractivity contribution is 0.414. The van der Waals surface area contributed by atoms with Gasteiger partial charge in [-0.1, -0.05) is 12.1 Å². The molecule has 0 fully saturated rings. The van der Waals surface area contributed by atoms with Gasteiger partial charge in [-0.05, 0) is 48.0 Å². The molecule has 3 aromatic rings. The van der Waals surface area contributed by atoms with Gasteiger partial charge in [-0.3, -0.25) is 0 Å². The molecule has 5 heteroatoms. The Bertz CT molecular complexity index is 923. The first kappa shape index (κ1) is 15.9. The minimum atomic E-state index is -0.287. The second-order valence-electron chi connectivity index (χ2n) is 4.99. The van der Waals surface area contributed by atoms with Crippen LogP contribution < -0.4 is 4.74 Å². The van der Waals surface area contributed by atoms with Crippen LogP contribution in [0.25, 0.3) is 22.9 Å². The third-order valence-corrected chi connectivity index (χ3v) is 4.28. The maximum absolute atomic E-state index is 13.0. The zero-order valence-corrected chi connectivity index (χ0v) is 13.7. The molecule has 0 N–H and O–H groups in total. The first-order chi connectivity index (χ1) is 11.7. The molecule has 24 heavy (non-hydrogen) atoms. The van der Waals surface area contributed by atoms with Crippen molar-refractivity contribution in [3.63, 3.8) is 0 Å². The van der Waals surface area contributed by atoms with Crippen molar-refractivity contribution in [1.29, 1.82) is 5.26 Å². The molecule has 0 atom stereocenters. The molecule has 1 heterocycles. The predicted octanol–water partition coefficient (Wildman–Crippen LogP) is 5.02. The lowest BCUT2D eigenvalue weighted by Gasteiger charge is -2.01. The summed E-state index contributed by atoms with van der Waals surface area (Å²) in [7, 11) is 1.60. The number of hydrogen-bond donors (Lipinski definition) is 0. The number of rotatable bonds is 4. The van der Waals surface area contributed by atoms with E-state index in [0.717, 1.165) is 22.6 Å². The molecule has 0 unspecified atom stereocenters. The third-order valence-electron chi connectivity index (χ3n) is 3.40. The fraction of sp³-hybridized carbons (Fsp3) is 0.0526. The van der Waals surface area contributed by atoms with Crippen molar-refractivity contribution in [1.82, 2.24) is 4.98 Å². The average molecular weight is 336 g/mol. The second kappa shape index (κ2) is 7.07. The van der Waals surface area contributed by atoms with Crippen molar-refractivity contribution >= 4 is 23.0 Å². The Hall–Kier alpha value is -2.97. The van der Waals surface area contributed by atoms with Gasteiger partial charge in [0.1, 0.15) is 22.6 Å². The standard InChI is InChI=1S/C19H13FN2OS/c1-23-17-4-2-3-13(10-17)9-15(11-21)19-22-18(12-24-19)14-5-7-16(20)8-6-14/h2-10,12H,1H3/b15-9+. The van der Waals surface area contributed by atoms with E-state index < -0.39 is 0 Å². The van der Waals surface area contributed by atoms with Gasteiger partial charge in [0.05, 0.1) is 18.4 Å². The summed E-state index contributed by atoms with van der Waals surface area (Å²) in [5, 5.41) is 11.9. The van der Waals surface area contributed by atoms with Crippen molar-refractivity contribution in [2.24, 2.45) is 0 Å². The second-order valence-corrected chi connectivity index (χ2v) is 5.85. The highest BCUT2D eigenvalue weighted by Crippen LogP contribution is 2.27. The summed E-state index contributed by atoms with van der Waals surface area (Å²) in [4.78, 5) is 4.49. The molecular weight excluding hydrogens is 323 g/mol. The van der Waals surface area contributed by atoms with Crippen LogP contribution in [-0.4, -0.2) is 12.1 Å². The smallest absolute Gasteiger partial charge is 0.134 e. The number of nitrogens with zero attached hydrogens (tertiary/aromatic N) is 2. The van der Waals surface area contributed by atoms with E-state index in [1.807, 2.05) is 29.6 Å². The molecule has 0 aliphatic heterocycles. The Labute approximate surface area is 143 Å². The van der Waals surface area contributed by atoms with Crippen molar-refractivity contribution in [3.05, 3.63) is 70.3 Å². The third kappa shape index (κ3) is 3.50. The van der Waals surface area contributed by atoms with Gasteiger partial charge >= 0.3 is 0 Å². The van der Waals surface area contributed by atoms with Gasteiger partial charge in [0.25, 0.3) is 0 Å². The van der Waals surface area contributed by atoms with Crippen LogP contribution in [0.15, 0.2) is 53.9 Å². The van der Waals surface area contributed by atoms with E-state index in [1.54, 1.807) is 25.3 Å². The molecule has 0 amide bonds. The molecule has 1 aromatic heterocycles. The highest BCUT2D eigenvalue weighted by Gasteiger charge is 2.09. The van der Waals surface area contributed by atoms with E-state index in [1.165, 1.54) is 23.5 Å². The number of hydrogen-bond acceptors (Lipinski definition) is 4. The van der Waals surface area contributed by atoms with E-state index in [4.69, 9.17) is 4.74 Å². The largest absolute Gasteiger partial charge is 0.497 e. The molecule has 0 spiro atoms. The van der Waals surface area contributed by atoms with Crippen LogP contribution in [0.5, 0.6) is 5.75 Å². The van der Waals surface area contributed by atoms with E-state index in [0.29, 0.717) is 10.6 Å². The molecule has 2 aromatic carbocycles. The number of thiazole rings is 1. The molecule has 0 saturated heterocycles. The molecule has 118 valence electrons. The van der Waals surface area contributed by atoms with Crippen LogP contribution in [0.1, 0.15) is 10.6 Å². The van der Waals surface area contributed by atoms with Crippen LogP contribution in [0.4, 0.5) is 4.39 Å². The zero-order chi connectivity index (χ0) is 16.9. The van der Waals surface area contributed by atoms with E-state index in [2.05, 4.69) is 11.1 Å². The number of nitriles is 1. The van der Waals surface area contributed by atoms with Crippen LogP contribution in [0.2, 0.25) is 0 Å². The maximum atomic E-state index is 13.0. The summed E-state index contributed by atoms with van der Waals surface area (Å²) < 4.78 is 18.2. The number of allylic oxidation sites excluding steroid dienone is 1. The zero-order valence-electron chi connectivity index (χ0n) is 12.9. The highest BCUT2D eigenvalue weighted by atomic mass is 32.1. The molecule has 0 radical (unpaired) electrons.